The number of carboxylic acids is 1. The minimum atomic E-state index is -1.09. The maximum Gasteiger partial charge on any atom is 0.335 e. The molecular formula is C28H25N3O6. The molecule has 1 aliphatic heterocycles. The molecule has 188 valence electrons. The van der Waals surface area contributed by atoms with Gasteiger partial charge in [-0.1, -0.05) is 30.3 Å². The molecule has 0 aliphatic carbocycles. The Bertz CT molecular complexity index is 1400. The smallest absolute Gasteiger partial charge is 0.335 e. The third-order valence-electron chi connectivity index (χ3n) is 5.40. The first-order valence-electron chi connectivity index (χ1n) is 11.6. The zero-order valence-corrected chi connectivity index (χ0v) is 20.3. The van der Waals surface area contributed by atoms with E-state index in [0.29, 0.717) is 46.3 Å². The van der Waals surface area contributed by atoms with Crippen molar-refractivity contribution in [3.05, 3.63) is 89.5 Å². The van der Waals surface area contributed by atoms with E-state index < -0.39 is 5.97 Å². The number of anilines is 2. The number of hydrogen-bond acceptors (Lipinski definition) is 6. The number of nitrogens with one attached hydrogen (secondary N) is 1. The second-order valence-corrected chi connectivity index (χ2v) is 8.06. The molecule has 3 aromatic rings. The van der Waals surface area contributed by atoms with Gasteiger partial charge in [-0.05, 0) is 68.0 Å². The molecule has 0 fully saturated rings. The number of nitrogens with zero attached hydrogens (tertiary/aromatic N) is 2. The fraction of sp³-hybridized carbons (Fsp3) is 0.143. The lowest BCUT2D eigenvalue weighted by atomic mass is 10.1. The van der Waals surface area contributed by atoms with Gasteiger partial charge in [0, 0.05) is 5.69 Å². The molecular weight excluding hydrogens is 474 g/mol. The third-order valence-corrected chi connectivity index (χ3v) is 5.40. The van der Waals surface area contributed by atoms with Crippen LogP contribution in [0.5, 0.6) is 11.5 Å². The van der Waals surface area contributed by atoms with E-state index in [4.69, 9.17) is 9.47 Å². The molecule has 2 amide bonds. The molecule has 1 aliphatic rings. The van der Waals surface area contributed by atoms with Crippen LogP contribution in [0.2, 0.25) is 0 Å². The molecule has 9 nitrogen and oxygen atoms in total. The van der Waals surface area contributed by atoms with Crippen molar-refractivity contribution in [3.63, 3.8) is 0 Å². The molecule has 0 unspecified atom stereocenters. The lowest BCUT2D eigenvalue weighted by molar-refractivity contribution is -0.118. The van der Waals surface area contributed by atoms with Crippen molar-refractivity contribution in [1.82, 2.24) is 0 Å². The summed E-state index contributed by atoms with van der Waals surface area (Å²) in [5.41, 5.74) is 2.61. The minimum absolute atomic E-state index is 0.0602. The van der Waals surface area contributed by atoms with E-state index in [1.807, 2.05) is 25.1 Å². The quantitative estimate of drug-likeness (QED) is 0.415. The molecule has 0 bridgehead atoms. The summed E-state index contributed by atoms with van der Waals surface area (Å²) < 4.78 is 11.4. The van der Waals surface area contributed by atoms with Crippen LogP contribution in [0.1, 0.15) is 29.8 Å². The van der Waals surface area contributed by atoms with Crippen LogP contribution in [-0.2, 0) is 9.59 Å². The van der Waals surface area contributed by atoms with Crippen LogP contribution in [-0.4, -0.2) is 41.8 Å². The number of hydrogen-bond donors (Lipinski definition) is 2. The van der Waals surface area contributed by atoms with Crippen molar-refractivity contribution in [2.45, 2.75) is 13.8 Å². The van der Waals surface area contributed by atoms with Gasteiger partial charge >= 0.3 is 5.97 Å². The van der Waals surface area contributed by atoms with Crippen molar-refractivity contribution in [1.29, 1.82) is 0 Å². The average Bonchev–Trinajstić information content (AvgIpc) is 3.17. The van der Waals surface area contributed by atoms with Crippen LogP contribution in [0.25, 0.3) is 6.08 Å². The van der Waals surface area contributed by atoms with Crippen LogP contribution in [0.15, 0.2) is 83.5 Å². The Morgan fingerprint density at radius 3 is 2.51 bits per heavy atom. The van der Waals surface area contributed by atoms with E-state index in [1.165, 1.54) is 17.1 Å². The first kappa shape index (κ1) is 25.2. The van der Waals surface area contributed by atoms with Crippen molar-refractivity contribution < 1.29 is 29.0 Å². The lowest BCUT2D eigenvalue weighted by Gasteiger charge is -2.13. The van der Waals surface area contributed by atoms with Gasteiger partial charge in [-0.25, -0.2) is 4.79 Å². The molecule has 0 atom stereocenters. The normalized spacial score (nSPS) is 13.9. The van der Waals surface area contributed by atoms with Gasteiger partial charge in [-0.3, -0.25) is 9.59 Å². The summed E-state index contributed by atoms with van der Waals surface area (Å²) in [4.78, 5) is 36.7. The second-order valence-electron chi connectivity index (χ2n) is 8.06. The topological polar surface area (TPSA) is 118 Å². The molecule has 4 rings (SSSR count). The van der Waals surface area contributed by atoms with Crippen LogP contribution < -0.4 is 19.8 Å². The molecule has 0 saturated carbocycles. The predicted octanol–water partition coefficient (Wildman–Crippen LogP) is 4.61. The minimum Gasteiger partial charge on any atom is -0.490 e. The molecule has 3 aromatic carbocycles. The molecule has 0 radical (unpaired) electrons. The summed E-state index contributed by atoms with van der Waals surface area (Å²) in [6.07, 6.45) is 1.68. The number of ether oxygens (including phenoxy) is 2. The van der Waals surface area contributed by atoms with E-state index in [0.717, 1.165) is 0 Å². The van der Waals surface area contributed by atoms with E-state index in [1.54, 1.807) is 55.5 Å². The first-order valence-corrected chi connectivity index (χ1v) is 11.6. The van der Waals surface area contributed by atoms with E-state index >= 15 is 0 Å². The maximum atomic E-state index is 13.1. The maximum absolute atomic E-state index is 13.1. The molecule has 2 N–H and O–H groups in total. The first-order chi connectivity index (χ1) is 17.9. The number of hydrazone groups is 1. The fourth-order valence-corrected chi connectivity index (χ4v) is 3.66. The van der Waals surface area contributed by atoms with Gasteiger partial charge in [0.25, 0.3) is 11.8 Å². The van der Waals surface area contributed by atoms with Gasteiger partial charge in [-0.2, -0.15) is 10.1 Å². The van der Waals surface area contributed by atoms with Gasteiger partial charge in [-0.15, -0.1) is 0 Å². The average molecular weight is 500 g/mol. The van der Waals surface area contributed by atoms with E-state index in [9.17, 15) is 19.5 Å². The van der Waals surface area contributed by atoms with Crippen molar-refractivity contribution in [2.75, 3.05) is 23.5 Å². The van der Waals surface area contributed by atoms with Gasteiger partial charge < -0.3 is 19.9 Å². The Morgan fingerprint density at radius 1 is 1.00 bits per heavy atom. The Hall–Kier alpha value is -4.92. The molecule has 9 heteroatoms. The molecule has 0 aromatic heterocycles. The number of carboxylic acid groups (broad SMARTS) is 1. The molecule has 1 heterocycles. The number of aromatic carboxylic acids is 1. The SMILES string of the molecule is CCOc1cc(/C=C2\C(=O)N(c3cccc(C(=O)O)c3)N=C2C)ccc1OCC(=O)Nc1ccccc1. The zero-order chi connectivity index (χ0) is 26.4. The summed E-state index contributed by atoms with van der Waals surface area (Å²) in [6.45, 7) is 3.71. The van der Waals surface area contributed by atoms with Crippen molar-refractivity contribution in [2.24, 2.45) is 5.10 Å². The van der Waals surface area contributed by atoms with E-state index in [2.05, 4.69) is 10.4 Å². The van der Waals surface area contributed by atoms with Crippen LogP contribution >= 0.6 is 0 Å². The van der Waals surface area contributed by atoms with Crippen molar-refractivity contribution >= 4 is 40.9 Å². The van der Waals surface area contributed by atoms with Crippen LogP contribution in [0, 0.1) is 0 Å². The predicted molar refractivity (Wildman–Crippen MR) is 140 cm³/mol. The molecule has 0 spiro atoms. The largest absolute Gasteiger partial charge is 0.490 e. The highest BCUT2D eigenvalue weighted by Crippen LogP contribution is 2.31. The van der Waals surface area contributed by atoms with Gasteiger partial charge in [0.2, 0.25) is 0 Å². The number of para-hydroxylation sites is 1. The lowest BCUT2D eigenvalue weighted by Crippen LogP contribution is -2.21. The van der Waals surface area contributed by atoms with Crippen LogP contribution in [0.4, 0.5) is 11.4 Å². The summed E-state index contributed by atoms with van der Waals surface area (Å²) in [5.74, 6) is -0.961. The standard InChI is InChI=1S/C28H25N3O6/c1-3-36-25-15-19(12-13-24(25)37-17-26(32)29-21-9-5-4-6-10-21)14-23-18(2)30-31(27(23)33)22-11-7-8-20(16-22)28(34)35/h4-16H,3,17H2,1-2H3,(H,29,32)(H,34,35)/b23-14-. The fourth-order valence-electron chi connectivity index (χ4n) is 3.66. The summed E-state index contributed by atoms with van der Waals surface area (Å²) in [7, 11) is 0. The highest BCUT2D eigenvalue weighted by molar-refractivity contribution is 6.32. The van der Waals surface area contributed by atoms with E-state index in [-0.39, 0.29) is 24.0 Å². The number of carbonyl (C=O) groups is 3. The third kappa shape index (κ3) is 6.02. The van der Waals surface area contributed by atoms with Crippen molar-refractivity contribution in [3.8, 4) is 11.5 Å². The Balaban J connectivity index is 1.50. The van der Waals surface area contributed by atoms with Gasteiger partial charge in [0.15, 0.2) is 18.1 Å². The number of rotatable bonds is 9. The Morgan fingerprint density at radius 2 is 1.78 bits per heavy atom. The highest BCUT2D eigenvalue weighted by Gasteiger charge is 2.29. The monoisotopic (exact) mass is 499 g/mol. The molecule has 37 heavy (non-hydrogen) atoms. The number of amides is 2. The highest BCUT2D eigenvalue weighted by atomic mass is 16.5. The number of benzene rings is 3. The Kier molecular flexibility index (Phi) is 7.63. The molecule has 0 saturated heterocycles. The Labute approximate surface area is 213 Å². The number of carbonyl (C=O) groups excluding carboxylic acids is 2. The second kappa shape index (κ2) is 11.2. The van der Waals surface area contributed by atoms with Gasteiger partial charge in [0.1, 0.15) is 0 Å². The van der Waals surface area contributed by atoms with Crippen LogP contribution in [0.3, 0.4) is 0 Å². The summed E-state index contributed by atoms with van der Waals surface area (Å²) in [6, 6.07) is 20.2. The summed E-state index contributed by atoms with van der Waals surface area (Å²) in [5, 5.41) is 17.5. The zero-order valence-electron chi connectivity index (χ0n) is 20.3. The summed E-state index contributed by atoms with van der Waals surface area (Å²) >= 11 is 0. The van der Waals surface area contributed by atoms with Gasteiger partial charge in [0.05, 0.1) is 29.1 Å².